The molecule has 96 valence electrons. The van der Waals surface area contributed by atoms with Crippen LogP contribution in [0.3, 0.4) is 0 Å². The monoisotopic (exact) mass is 310 g/mol. The van der Waals surface area contributed by atoms with Crippen LogP contribution >= 0.6 is 15.9 Å². The molecule has 1 aromatic rings. The Hall–Kier alpha value is -1.17. The lowest BCUT2D eigenvalue weighted by Gasteiger charge is -2.33. The van der Waals surface area contributed by atoms with Crippen LogP contribution in [-0.2, 0) is 4.79 Å². The molecule has 18 heavy (non-hydrogen) atoms. The van der Waals surface area contributed by atoms with Gasteiger partial charge in [-0.1, -0.05) is 0 Å². The van der Waals surface area contributed by atoms with E-state index < -0.39 is 0 Å². The molecule has 1 aliphatic carbocycles. The van der Waals surface area contributed by atoms with Crippen molar-refractivity contribution in [2.24, 2.45) is 0 Å². The smallest absolute Gasteiger partial charge is 0.242 e. The molecule has 1 saturated heterocycles. The van der Waals surface area contributed by atoms with Crippen molar-refractivity contribution in [3.8, 4) is 0 Å². The first-order valence-electron chi connectivity index (χ1n) is 6.24. The minimum Gasteiger partial charge on any atom is -0.353 e. The second-order valence-electron chi connectivity index (χ2n) is 4.84. The summed E-state index contributed by atoms with van der Waals surface area (Å²) in [6.07, 6.45) is 2.35. The summed E-state index contributed by atoms with van der Waals surface area (Å²) in [6.45, 7) is 3.37. The fourth-order valence-electron chi connectivity index (χ4n) is 2.19. The molecule has 2 fully saturated rings. The molecule has 1 unspecified atom stereocenters. The highest BCUT2D eigenvalue weighted by molar-refractivity contribution is 9.10. The summed E-state index contributed by atoms with van der Waals surface area (Å²) in [4.78, 5) is 22.7. The van der Waals surface area contributed by atoms with E-state index in [1.54, 1.807) is 0 Å². The largest absolute Gasteiger partial charge is 0.353 e. The molecule has 3 rings (SSSR count). The van der Waals surface area contributed by atoms with Gasteiger partial charge < -0.3 is 10.2 Å². The van der Waals surface area contributed by atoms with E-state index in [0.717, 1.165) is 22.8 Å². The molecular weight excluding hydrogens is 296 g/mol. The standard InChI is InChI=1S/C12H15BrN4O/c1-7-12(18)14-4-5-17(7)10-6-9(13)15-11(16-10)8-2-3-8/h6-8H,2-5H2,1H3,(H,14,18). The number of amides is 1. The Morgan fingerprint density at radius 2 is 2.22 bits per heavy atom. The van der Waals surface area contributed by atoms with Crippen LogP contribution < -0.4 is 10.2 Å². The fourth-order valence-corrected chi connectivity index (χ4v) is 2.58. The van der Waals surface area contributed by atoms with Gasteiger partial charge in [0.2, 0.25) is 5.91 Å². The average molecular weight is 311 g/mol. The number of carbonyl (C=O) groups excluding carboxylic acids is 1. The number of nitrogens with zero attached hydrogens (tertiary/aromatic N) is 3. The summed E-state index contributed by atoms with van der Waals surface area (Å²) in [5, 5.41) is 2.86. The van der Waals surface area contributed by atoms with Crippen LogP contribution in [0.5, 0.6) is 0 Å². The third-order valence-electron chi connectivity index (χ3n) is 3.43. The van der Waals surface area contributed by atoms with Gasteiger partial charge in [-0.05, 0) is 35.7 Å². The van der Waals surface area contributed by atoms with E-state index in [0.29, 0.717) is 12.5 Å². The van der Waals surface area contributed by atoms with Gasteiger partial charge in [0, 0.05) is 25.1 Å². The van der Waals surface area contributed by atoms with Gasteiger partial charge in [-0.2, -0.15) is 0 Å². The zero-order chi connectivity index (χ0) is 12.7. The molecular formula is C12H15BrN4O. The topological polar surface area (TPSA) is 58.1 Å². The normalized spacial score (nSPS) is 24.0. The third kappa shape index (κ3) is 2.21. The maximum atomic E-state index is 11.7. The number of rotatable bonds is 2. The number of piperazine rings is 1. The molecule has 1 amide bonds. The molecule has 1 N–H and O–H groups in total. The van der Waals surface area contributed by atoms with E-state index in [9.17, 15) is 4.79 Å². The summed E-state index contributed by atoms with van der Waals surface area (Å²) in [5.41, 5.74) is 0. The molecule has 1 aliphatic heterocycles. The lowest BCUT2D eigenvalue weighted by Crippen LogP contribution is -2.54. The quantitative estimate of drug-likeness (QED) is 0.840. The minimum atomic E-state index is -0.174. The summed E-state index contributed by atoms with van der Waals surface area (Å²) in [6, 6.07) is 1.72. The second-order valence-corrected chi connectivity index (χ2v) is 5.65. The summed E-state index contributed by atoms with van der Waals surface area (Å²) >= 11 is 3.43. The Labute approximate surface area is 114 Å². The fraction of sp³-hybridized carbons (Fsp3) is 0.583. The predicted molar refractivity (Wildman–Crippen MR) is 71.5 cm³/mol. The highest BCUT2D eigenvalue weighted by Gasteiger charge is 2.30. The Balaban J connectivity index is 1.92. The van der Waals surface area contributed by atoms with E-state index in [-0.39, 0.29) is 11.9 Å². The van der Waals surface area contributed by atoms with Gasteiger partial charge in [0.15, 0.2) is 0 Å². The van der Waals surface area contributed by atoms with Crippen LogP contribution in [-0.4, -0.2) is 35.0 Å². The van der Waals surface area contributed by atoms with Crippen molar-refractivity contribution >= 4 is 27.7 Å². The highest BCUT2D eigenvalue weighted by atomic mass is 79.9. The van der Waals surface area contributed by atoms with Gasteiger partial charge >= 0.3 is 0 Å². The minimum absolute atomic E-state index is 0.0592. The SMILES string of the molecule is CC1C(=O)NCCN1c1cc(Br)nc(C2CC2)n1. The maximum Gasteiger partial charge on any atom is 0.242 e. The Morgan fingerprint density at radius 1 is 1.44 bits per heavy atom. The van der Waals surface area contributed by atoms with Crippen molar-refractivity contribution in [3.63, 3.8) is 0 Å². The molecule has 0 aromatic carbocycles. The predicted octanol–water partition coefficient (Wildman–Crippen LogP) is 1.44. The van der Waals surface area contributed by atoms with Gasteiger partial charge in [-0.25, -0.2) is 9.97 Å². The first kappa shape index (κ1) is 11.9. The maximum absolute atomic E-state index is 11.7. The number of halogens is 1. The molecule has 6 heteroatoms. The lowest BCUT2D eigenvalue weighted by atomic mass is 10.2. The Bertz CT molecular complexity index is 489. The van der Waals surface area contributed by atoms with Crippen molar-refractivity contribution in [1.82, 2.24) is 15.3 Å². The number of anilines is 1. The van der Waals surface area contributed by atoms with Gasteiger partial charge in [0.25, 0.3) is 0 Å². The van der Waals surface area contributed by atoms with Crippen molar-refractivity contribution in [2.75, 3.05) is 18.0 Å². The summed E-state index contributed by atoms with van der Waals surface area (Å²) in [5.74, 6) is 2.32. The van der Waals surface area contributed by atoms with Gasteiger partial charge in [-0.15, -0.1) is 0 Å². The summed E-state index contributed by atoms with van der Waals surface area (Å²) < 4.78 is 0.799. The van der Waals surface area contributed by atoms with Crippen LogP contribution in [0.4, 0.5) is 5.82 Å². The van der Waals surface area contributed by atoms with E-state index in [1.807, 2.05) is 17.9 Å². The van der Waals surface area contributed by atoms with Crippen molar-refractivity contribution in [1.29, 1.82) is 0 Å². The van der Waals surface area contributed by atoms with Gasteiger partial charge in [0.1, 0.15) is 22.3 Å². The average Bonchev–Trinajstić information content (AvgIpc) is 3.16. The van der Waals surface area contributed by atoms with Crippen LogP contribution in [0.15, 0.2) is 10.7 Å². The van der Waals surface area contributed by atoms with Crippen LogP contribution in [0.1, 0.15) is 31.5 Å². The molecule has 1 saturated carbocycles. The molecule has 2 aliphatic rings. The highest BCUT2D eigenvalue weighted by Crippen LogP contribution is 2.39. The van der Waals surface area contributed by atoms with Gasteiger partial charge in [-0.3, -0.25) is 4.79 Å². The van der Waals surface area contributed by atoms with E-state index in [4.69, 9.17) is 0 Å². The zero-order valence-corrected chi connectivity index (χ0v) is 11.8. The Morgan fingerprint density at radius 3 is 2.94 bits per heavy atom. The molecule has 0 bridgehead atoms. The van der Waals surface area contributed by atoms with Gasteiger partial charge in [0.05, 0.1) is 0 Å². The van der Waals surface area contributed by atoms with E-state index in [1.165, 1.54) is 12.8 Å². The number of hydrogen-bond donors (Lipinski definition) is 1. The van der Waals surface area contributed by atoms with Crippen LogP contribution in [0.25, 0.3) is 0 Å². The molecule has 0 spiro atoms. The first-order chi connectivity index (χ1) is 8.65. The molecule has 5 nitrogen and oxygen atoms in total. The molecule has 1 atom stereocenters. The first-order valence-corrected chi connectivity index (χ1v) is 7.03. The lowest BCUT2D eigenvalue weighted by molar-refractivity contribution is -0.122. The second kappa shape index (κ2) is 4.50. The number of aromatic nitrogens is 2. The molecule has 2 heterocycles. The van der Waals surface area contributed by atoms with E-state index in [2.05, 4.69) is 31.2 Å². The number of nitrogens with one attached hydrogen (secondary N) is 1. The van der Waals surface area contributed by atoms with E-state index >= 15 is 0 Å². The van der Waals surface area contributed by atoms with Crippen LogP contribution in [0.2, 0.25) is 0 Å². The number of carbonyl (C=O) groups is 1. The molecule has 0 radical (unpaired) electrons. The van der Waals surface area contributed by atoms with Crippen molar-refractivity contribution < 1.29 is 4.79 Å². The third-order valence-corrected chi connectivity index (χ3v) is 3.84. The zero-order valence-electron chi connectivity index (χ0n) is 10.2. The Kier molecular flexibility index (Phi) is 2.97. The number of hydrogen-bond acceptors (Lipinski definition) is 4. The van der Waals surface area contributed by atoms with Crippen molar-refractivity contribution in [2.45, 2.75) is 31.7 Å². The van der Waals surface area contributed by atoms with Crippen LogP contribution in [0, 0.1) is 0 Å². The summed E-state index contributed by atoms with van der Waals surface area (Å²) in [7, 11) is 0. The molecule has 1 aromatic heterocycles. The van der Waals surface area contributed by atoms with Crippen molar-refractivity contribution in [3.05, 3.63) is 16.5 Å².